The maximum atomic E-state index is 10.4. The molecule has 0 radical (unpaired) electrons. The zero-order chi connectivity index (χ0) is 16.9. The lowest BCUT2D eigenvalue weighted by Gasteiger charge is -1.99. The summed E-state index contributed by atoms with van der Waals surface area (Å²) < 4.78 is 0. The molecule has 0 aliphatic rings. The molecule has 0 unspecified atom stereocenters. The Balaban J connectivity index is 0.000000220. The minimum absolute atomic E-state index is 0.150. The zero-order valence-electron chi connectivity index (χ0n) is 11.9. The van der Waals surface area contributed by atoms with Crippen LogP contribution in [0.15, 0.2) is 36.4 Å². The molecular formula is C15H17N3O4. The Hall–Kier alpha value is -3.22. The van der Waals surface area contributed by atoms with Gasteiger partial charge < -0.3 is 27.4 Å². The molecule has 2 aromatic rings. The van der Waals surface area contributed by atoms with E-state index in [4.69, 9.17) is 27.4 Å². The van der Waals surface area contributed by atoms with Crippen LogP contribution in [0.1, 0.15) is 26.3 Å². The minimum atomic E-state index is -1.00. The maximum absolute atomic E-state index is 10.4. The van der Waals surface area contributed by atoms with Crippen molar-refractivity contribution in [2.24, 2.45) is 0 Å². The number of aromatic carboxylic acids is 2. The van der Waals surface area contributed by atoms with E-state index in [1.807, 2.05) is 0 Å². The van der Waals surface area contributed by atoms with E-state index in [0.29, 0.717) is 17.1 Å². The summed E-state index contributed by atoms with van der Waals surface area (Å²) in [6.45, 7) is 1.78. The SMILES string of the molecule is Cc1cc(C(=O)O)ccc1N.Nc1ccc(C(=O)O)cc1N. The van der Waals surface area contributed by atoms with Gasteiger partial charge >= 0.3 is 11.9 Å². The largest absolute Gasteiger partial charge is 0.478 e. The highest BCUT2D eigenvalue weighted by Crippen LogP contribution is 2.15. The van der Waals surface area contributed by atoms with Crippen LogP contribution in [0.2, 0.25) is 0 Å². The fraction of sp³-hybridized carbons (Fsp3) is 0.0667. The Labute approximate surface area is 127 Å². The van der Waals surface area contributed by atoms with Crippen LogP contribution >= 0.6 is 0 Å². The van der Waals surface area contributed by atoms with Crippen LogP contribution in [-0.2, 0) is 0 Å². The van der Waals surface area contributed by atoms with Crippen LogP contribution in [0, 0.1) is 6.92 Å². The molecule has 0 aromatic heterocycles. The van der Waals surface area contributed by atoms with Gasteiger partial charge in [0.25, 0.3) is 0 Å². The first-order valence-corrected chi connectivity index (χ1v) is 6.20. The predicted octanol–water partition coefficient (Wildman–Crippen LogP) is 1.82. The van der Waals surface area contributed by atoms with Crippen molar-refractivity contribution in [2.45, 2.75) is 6.92 Å². The van der Waals surface area contributed by atoms with Gasteiger partial charge in [-0.05, 0) is 48.9 Å². The van der Waals surface area contributed by atoms with Gasteiger partial charge in [-0.15, -0.1) is 0 Å². The van der Waals surface area contributed by atoms with Crippen molar-refractivity contribution in [3.63, 3.8) is 0 Å². The monoisotopic (exact) mass is 303 g/mol. The summed E-state index contributed by atoms with van der Waals surface area (Å²) >= 11 is 0. The molecule has 0 bridgehead atoms. The average Bonchev–Trinajstić information content (AvgIpc) is 2.45. The summed E-state index contributed by atoms with van der Waals surface area (Å²) in [5, 5.41) is 17.1. The Kier molecular flexibility index (Phi) is 5.34. The topological polar surface area (TPSA) is 153 Å². The third-order valence-corrected chi connectivity index (χ3v) is 2.85. The van der Waals surface area contributed by atoms with Crippen LogP contribution in [-0.4, -0.2) is 22.2 Å². The second-order valence-electron chi connectivity index (χ2n) is 4.53. The molecule has 0 amide bonds. The van der Waals surface area contributed by atoms with Crippen molar-refractivity contribution in [1.82, 2.24) is 0 Å². The van der Waals surface area contributed by atoms with Gasteiger partial charge in [0.2, 0.25) is 0 Å². The van der Waals surface area contributed by atoms with E-state index in [1.165, 1.54) is 24.3 Å². The quantitative estimate of drug-likeness (QED) is 0.530. The van der Waals surface area contributed by atoms with E-state index in [-0.39, 0.29) is 11.1 Å². The fourth-order valence-electron chi connectivity index (χ4n) is 1.52. The van der Waals surface area contributed by atoms with E-state index in [9.17, 15) is 9.59 Å². The summed E-state index contributed by atoms with van der Waals surface area (Å²) in [5.41, 5.74) is 18.8. The molecule has 0 aliphatic carbocycles. The lowest BCUT2D eigenvalue weighted by Crippen LogP contribution is -2.00. The summed E-state index contributed by atoms with van der Waals surface area (Å²) in [4.78, 5) is 20.8. The number of anilines is 3. The van der Waals surface area contributed by atoms with Crippen LogP contribution in [0.4, 0.5) is 17.1 Å². The molecule has 0 spiro atoms. The number of carboxylic acids is 2. The number of carbonyl (C=O) groups is 2. The van der Waals surface area contributed by atoms with Crippen molar-refractivity contribution in [1.29, 1.82) is 0 Å². The molecule has 116 valence electrons. The molecule has 7 heteroatoms. The molecule has 8 N–H and O–H groups in total. The number of rotatable bonds is 2. The molecule has 0 heterocycles. The summed E-state index contributed by atoms with van der Waals surface area (Å²) in [5.74, 6) is -1.93. The summed E-state index contributed by atoms with van der Waals surface area (Å²) in [6.07, 6.45) is 0. The van der Waals surface area contributed by atoms with Crippen LogP contribution in [0.5, 0.6) is 0 Å². The molecule has 7 nitrogen and oxygen atoms in total. The molecule has 0 saturated heterocycles. The summed E-state index contributed by atoms with van der Waals surface area (Å²) in [6, 6.07) is 8.85. The Morgan fingerprint density at radius 2 is 1.23 bits per heavy atom. The minimum Gasteiger partial charge on any atom is -0.478 e. The summed E-state index contributed by atoms with van der Waals surface area (Å²) in [7, 11) is 0. The van der Waals surface area contributed by atoms with Crippen LogP contribution in [0.25, 0.3) is 0 Å². The van der Waals surface area contributed by atoms with Gasteiger partial charge in [-0.2, -0.15) is 0 Å². The highest BCUT2D eigenvalue weighted by atomic mass is 16.4. The average molecular weight is 303 g/mol. The standard InChI is InChI=1S/C8H9NO2.C7H8N2O2/c1-5-4-6(8(10)11)2-3-7(5)9;8-5-2-1-4(7(10)11)3-6(5)9/h2-4H,9H2,1H3,(H,10,11);1-3H,8-9H2,(H,10,11). The van der Waals surface area contributed by atoms with Crippen LogP contribution in [0.3, 0.4) is 0 Å². The number of carboxylic acid groups (broad SMARTS) is 2. The first kappa shape index (κ1) is 16.8. The number of hydrogen-bond acceptors (Lipinski definition) is 5. The van der Waals surface area contributed by atoms with Gasteiger partial charge in [-0.3, -0.25) is 0 Å². The first-order valence-electron chi connectivity index (χ1n) is 6.20. The zero-order valence-corrected chi connectivity index (χ0v) is 11.9. The van der Waals surface area contributed by atoms with Gasteiger partial charge in [0.05, 0.1) is 22.5 Å². The number of nitrogens with two attached hydrogens (primary N) is 3. The number of aryl methyl sites for hydroxylation is 1. The van der Waals surface area contributed by atoms with Gasteiger partial charge in [0.15, 0.2) is 0 Å². The fourth-order valence-corrected chi connectivity index (χ4v) is 1.52. The second kappa shape index (κ2) is 6.98. The van der Waals surface area contributed by atoms with E-state index in [2.05, 4.69) is 0 Å². The second-order valence-corrected chi connectivity index (χ2v) is 4.53. The first-order chi connectivity index (χ1) is 10.2. The highest BCUT2D eigenvalue weighted by molar-refractivity contribution is 5.90. The molecule has 0 atom stereocenters. The van der Waals surface area contributed by atoms with E-state index in [1.54, 1.807) is 19.1 Å². The molecule has 0 aliphatic heterocycles. The Morgan fingerprint density at radius 1 is 0.773 bits per heavy atom. The highest BCUT2D eigenvalue weighted by Gasteiger charge is 2.03. The van der Waals surface area contributed by atoms with E-state index >= 15 is 0 Å². The predicted molar refractivity (Wildman–Crippen MR) is 84.8 cm³/mol. The third kappa shape index (κ3) is 4.41. The van der Waals surface area contributed by atoms with Crippen molar-refractivity contribution < 1.29 is 19.8 Å². The van der Waals surface area contributed by atoms with Crippen molar-refractivity contribution in [2.75, 3.05) is 17.2 Å². The normalized spacial score (nSPS) is 9.50. The third-order valence-electron chi connectivity index (χ3n) is 2.85. The maximum Gasteiger partial charge on any atom is 0.335 e. The Bertz CT molecular complexity index is 652. The molecule has 0 saturated carbocycles. The number of nitrogen functional groups attached to an aromatic ring is 3. The smallest absolute Gasteiger partial charge is 0.335 e. The lowest BCUT2D eigenvalue weighted by molar-refractivity contribution is 0.0686. The van der Waals surface area contributed by atoms with E-state index < -0.39 is 11.9 Å². The van der Waals surface area contributed by atoms with Gasteiger partial charge in [-0.1, -0.05) is 0 Å². The van der Waals surface area contributed by atoms with E-state index in [0.717, 1.165) is 5.56 Å². The lowest BCUT2D eigenvalue weighted by atomic mass is 10.1. The molecule has 2 aromatic carbocycles. The molecule has 22 heavy (non-hydrogen) atoms. The molecular weight excluding hydrogens is 286 g/mol. The van der Waals surface area contributed by atoms with Gasteiger partial charge in [0.1, 0.15) is 0 Å². The molecule has 0 fully saturated rings. The van der Waals surface area contributed by atoms with Gasteiger partial charge in [-0.25, -0.2) is 9.59 Å². The van der Waals surface area contributed by atoms with Crippen molar-refractivity contribution >= 4 is 29.0 Å². The Morgan fingerprint density at radius 3 is 1.64 bits per heavy atom. The van der Waals surface area contributed by atoms with Crippen molar-refractivity contribution in [3.8, 4) is 0 Å². The van der Waals surface area contributed by atoms with Crippen molar-refractivity contribution in [3.05, 3.63) is 53.1 Å². The molecule has 2 rings (SSSR count). The number of hydrogen-bond donors (Lipinski definition) is 5. The van der Waals surface area contributed by atoms with Crippen LogP contribution < -0.4 is 17.2 Å². The number of benzene rings is 2. The van der Waals surface area contributed by atoms with Gasteiger partial charge in [0, 0.05) is 5.69 Å².